The molecular formula is C14H22N4O2. The fourth-order valence-electron chi connectivity index (χ4n) is 3.36. The molecule has 0 bridgehead atoms. The summed E-state index contributed by atoms with van der Waals surface area (Å²) in [7, 11) is 0. The molecule has 1 heterocycles. The van der Waals surface area contributed by atoms with Crippen molar-refractivity contribution in [3.63, 3.8) is 0 Å². The number of hydrogen-bond donors (Lipinski definition) is 1. The smallest absolute Gasteiger partial charge is 0.305 e. The van der Waals surface area contributed by atoms with Crippen LogP contribution in [0.5, 0.6) is 0 Å². The lowest BCUT2D eigenvalue weighted by atomic mass is 9.98. The highest BCUT2D eigenvalue weighted by molar-refractivity contribution is 5.67. The molecule has 3 rings (SSSR count). The van der Waals surface area contributed by atoms with Crippen LogP contribution in [-0.2, 0) is 4.79 Å². The first kappa shape index (κ1) is 13.5. The number of tetrazole rings is 1. The van der Waals surface area contributed by atoms with Gasteiger partial charge in [0.15, 0.2) is 5.82 Å². The third-order valence-corrected chi connectivity index (χ3v) is 4.60. The van der Waals surface area contributed by atoms with Gasteiger partial charge >= 0.3 is 5.97 Å². The predicted octanol–water partition coefficient (Wildman–Crippen LogP) is 2.54. The molecule has 1 aromatic rings. The number of aliphatic carboxylic acids is 1. The molecule has 2 fully saturated rings. The van der Waals surface area contributed by atoms with E-state index in [0.29, 0.717) is 11.8 Å². The molecule has 2 saturated carbocycles. The van der Waals surface area contributed by atoms with Crippen LogP contribution >= 0.6 is 0 Å². The number of rotatable bonds is 5. The molecule has 0 radical (unpaired) electrons. The third-order valence-electron chi connectivity index (χ3n) is 4.60. The Morgan fingerprint density at radius 2 is 1.90 bits per heavy atom. The lowest BCUT2D eigenvalue weighted by Gasteiger charge is -2.19. The van der Waals surface area contributed by atoms with E-state index in [9.17, 15) is 4.79 Å². The monoisotopic (exact) mass is 278 g/mol. The maximum absolute atomic E-state index is 11.1. The summed E-state index contributed by atoms with van der Waals surface area (Å²) in [6.45, 7) is 0. The highest BCUT2D eigenvalue weighted by Gasteiger charge is 2.37. The molecule has 1 N–H and O–H groups in total. The Morgan fingerprint density at radius 1 is 1.20 bits per heavy atom. The Hall–Kier alpha value is -1.46. The molecule has 1 atom stereocenters. The van der Waals surface area contributed by atoms with E-state index in [2.05, 4.69) is 15.5 Å². The molecule has 0 saturated heterocycles. The van der Waals surface area contributed by atoms with Gasteiger partial charge in [0.05, 0.1) is 12.5 Å². The molecule has 6 nitrogen and oxygen atoms in total. The molecule has 0 aromatic carbocycles. The second kappa shape index (κ2) is 5.89. The molecule has 1 aromatic heterocycles. The largest absolute Gasteiger partial charge is 0.481 e. The lowest BCUT2D eigenvalue weighted by molar-refractivity contribution is -0.138. The SMILES string of the molecule is O=C(O)CC(C1CC1)n1nnnc1C1CCCCCC1. The van der Waals surface area contributed by atoms with E-state index in [0.717, 1.165) is 31.5 Å². The Morgan fingerprint density at radius 3 is 2.50 bits per heavy atom. The van der Waals surface area contributed by atoms with Crippen molar-refractivity contribution in [2.24, 2.45) is 5.92 Å². The summed E-state index contributed by atoms with van der Waals surface area (Å²) in [5.41, 5.74) is 0. The molecule has 20 heavy (non-hydrogen) atoms. The van der Waals surface area contributed by atoms with Crippen LogP contribution in [0, 0.1) is 5.92 Å². The minimum absolute atomic E-state index is 0.0549. The molecule has 1 unspecified atom stereocenters. The summed E-state index contributed by atoms with van der Waals surface area (Å²) in [5, 5.41) is 21.3. The predicted molar refractivity (Wildman–Crippen MR) is 72.3 cm³/mol. The third kappa shape index (κ3) is 2.99. The zero-order valence-corrected chi connectivity index (χ0v) is 11.7. The maximum Gasteiger partial charge on any atom is 0.305 e. The average molecular weight is 278 g/mol. The zero-order chi connectivity index (χ0) is 13.9. The van der Waals surface area contributed by atoms with Gasteiger partial charge in [0.1, 0.15) is 0 Å². The standard InChI is InChI=1S/C14H22N4O2/c19-13(20)9-12(10-7-8-10)18-14(15-16-17-18)11-5-3-1-2-4-6-11/h10-12H,1-9H2,(H,19,20). The first-order valence-electron chi connectivity index (χ1n) is 7.75. The van der Waals surface area contributed by atoms with E-state index in [-0.39, 0.29) is 12.5 Å². The highest BCUT2D eigenvalue weighted by Crippen LogP contribution is 2.42. The maximum atomic E-state index is 11.1. The van der Waals surface area contributed by atoms with E-state index in [4.69, 9.17) is 5.11 Å². The molecular weight excluding hydrogens is 256 g/mol. The van der Waals surface area contributed by atoms with Crippen molar-refractivity contribution in [2.45, 2.75) is 69.7 Å². The summed E-state index contributed by atoms with van der Waals surface area (Å²) in [6, 6.07) is -0.0549. The van der Waals surface area contributed by atoms with E-state index in [1.807, 2.05) is 4.68 Å². The Balaban J connectivity index is 1.81. The average Bonchev–Trinajstić information content (AvgIpc) is 3.19. The van der Waals surface area contributed by atoms with Gasteiger partial charge in [-0.05, 0) is 42.0 Å². The quantitative estimate of drug-likeness (QED) is 0.837. The Labute approximate surface area is 118 Å². The molecule has 2 aliphatic rings. The molecule has 0 amide bonds. The number of nitrogens with zero attached hydrogens (tertiary/aromatic N) is 4. The van der Waals surface area contributed by atoms with E-state index in [1.165, 1.54) is 25.7 Å². The van der Waals surface area contributed by atoms with Crippen LogP contribution in [-0.4, -0.2) is 31.3 Å². The Bertz CT molecular complexity index is 461. The molecule has 0 aliphatic heterocycles. The molecule has 0 spiro atoms. The summed E-state index contributed by atoms with van der Waals surface area (Å²) < 4.78 is 1.84. The van der Waals surface area contributed by atoms with Crippen molar-refractivity contribution in [3.8, 4) is 0 Å². The second-order valence-electron chi connectivity index (χ2n) is 6.17. The minimum atomic E-state index is -0.760. The fourth-order valence-corrected chi connectivity index (χ4v) is 3.36. The van der Waals surface area contributed by atoms with Crippen molar-refractivity contribution in [1.29, 1.82) is 0 Å². The molecule has 110 valence electrons. The summed E-state index contributed by atoms with van der Waals surface area (Å²) in [4.78, 5) is 11.1. The van der Waals surface area contributed by atoms with Crippen LogP contribution < -0.4 is 0 Å². The van der Waals surface area contributed by atoms with Gasteiger partial charge in [0.2, 0.25) is 0 Å². The fraction of sp³-hybridized carbons (Fsp3) is 0.857. The van der Waals surface area contributed by atoms with Gasteiger partial charge in [-0.1, -0.05) is 25.7 Å². The number of hydrogen-bond acceptors (Lipinski definition) is 4. The summed E-state index contributed by atoms with van der Waals surface area (Å²) >= 11 is 0. The van der Waals surface area contributed by atoms with Crippen molar-refractivity contribution >= 4 is 5.97 Å². The number of carboxylic acids is 1. The van der Waals surface area contributed by atoms with Gasteiger partial charge in [-0.25, -0.2) is 4.68 Å². The van der Waals surface area contributed by atoms with Crippen molar-refractivity contribution in [2.75, 3.05) is 0 Å². The molecule has 2 aliphatic carbocycles. The Kier molecular flexibility index (Phi) is 3.98. The van der Waals surface area contributed by atoms with Crippen LogP contribution in [0.4, 0.5) is 0 Å². The normalized spacial score (nSPS) is 22.4. The lowest BCUT2D eigenvalue weighted by Crippen LogP contribution is -2.21. The number of carbonyl (C=O) groups is 1. The first-order valence-corrected chi connectivity index (χ1v) is 7.75. The van der Waals surface area contributed by atoms with Gasteiger partial charge in [0, 0.05) is 5.92 Å². The van der Waals surface area contributed by atoms with Crippen LogP contribution in [0.15, 0.2) is 0 Å². The zero-order valence-electron chi connectivity index (χ0n) is 11.7. The minimum Gasteiger partial charge on any atom is -0.481 e. The van der Waals surface area contributed by atoms with Gasteiger partial charge in [-0.15, -0.1) is 5.10 Å². The number of aromatic nitrogens is 4. The van der Waals surface area contributed by atoms with Gasteiger partial charge < -0.3 is 5.11 Å². The van der Waals surface area contributed by atoms with Crippen LogP contribution in [0.3, 0.4) is 0 Å². The van der Waals surface area contributed by atoms with Crippen molar-refractivity contribution < 1.29 is 9.90 Å². The number of carboxylic acid groups (broad SMARTS) is 1. The van der Waals surface area contributed by atoms with E-state index < -0.39 is 5.97 Å². The van der Waals surface area contributed by atoms with E-state index in [1.54, 1.807) is 0 Å². The van der Waals surface area contributed by atoms with Gasteiger partial charge in [0.25, 0.3) is 0 Å². The summed E-state index contributed by atoms with van der Waals surface area (Å²) in [5.74, 6) is 1.01. The van der Waals surface area contributed by atoms with Crippen molar-refractivity contribution in [1.82, 2.24) is 20.2 Å². The van der Waals surface area contributed by atoms with Crippen LogP contribution in [0.1, 0.15) is 75.6 Å². The van der Waals surface area contributed by atoms with Crippen LogP contribution in [0.2, 0.25) is 0 Å². The van der Waals surface area contributed by atoms with Crippen molar-refractivity contribution in [3.05, 3.63) is 5.82 Å². The van der Waals surface area contributed by atoms with Gasteiger partial charge in [-0.2, -0.15) is 0 Å². The topological polar surface area (TPSA) is 80.9 Å². The van der Waals surface area contributed by atoms with E-state index >= 15 is 0 Å². The van der Waals surface area contributed by atoms with Gasteiger partial charge in [-0.3, -0.25) is 4.79 Å². The molecule has 6 heteroatoms. The highest BCUT2D eigenvalue weighted by atomic mass is 16.4. The van der Waals surface area contributed by atoms with Crippen LogP contribution in [0.25, 0.3) is 0 Å². The summed E-state index contributed by atoms with van der Waals surface area (Å²) in [6.07, 6.45) is 9.63. The first-order chi connectivity index (χ1) is 9.75. The second-order valence-corrected chi connectivity index (χ2v) is 6.17.